The minimum atomic E-state index is -0.272. The number of carbonyl (C=O) groups excluding carboxylic acids is 3. The Morgan fingerprint density at radius 3 is 2.19 bits per heavy atom. The van der Waals surface area contributed by atoms with Gasteiger partial charge in [0, 0.05) is 67.1 Å². The number of nitrogens with zero attached hydrogens (tertiary/aromatic N) is 2. The second-order valence-corrected chi connectivity index (χ2v) is 11.9. The molecule has 0 saturated carbocycles. The fourth-order valence-electron chi connectivity index (χ4n) is 5.08. The summed E-state index contributed by atoms with van der Waals surface area (Å²) in [6, 6.07) is 26.4. The quantitative estimate of drug-likeness (QED) is 0.0614. The number of Topliss-reactive ketones (excluding diaryl/α,β-unsaturated/α-hetero) is 2. The van der Waals surface area contributed by atoms with Gasteiger partial charge in [-0.05, 0) is 87.0 Å². The van der Waals surface area contributed by atoms with Gasteiger partial charge in [0.25, 0.3) is 0 Å². The minimum Gasteiger partial charge on any atom is -0.387 e. The Hall–Kier alpha value is -4.20. The predicted octanol–water partition coefficient (Wildman–Crippen LogP) is 8.33. The van der Waals surface area contributed by atoms with Gasteiger partial charge in [-0.3, -0.25) is 14.4 Å². The van der Waals surface area contributed by atoms with Gasteiger partial charge >= 0.3 is 0 Å². The Morgan fingerprint density at radius 1 is 0.884 bits per heavy atom. The first-order valence-corrected chi connectivity index (χ1v) is 15.4. The molecule has 0 N–H and O–H groups in total. The van der Waals surface area contributed by atoms with E-state index in [9.17, 15) is 14.4 Å². The summed E-state index contributed by atoms with van der Waals surface area (Å²) in [5, 5.41) is 6.52. The number of hydrogen-bond donors (Lipinski definition) is 0. The maximum absolute atomic E-state index is 13.8. The summed E-state index contributed by atoms with van der Waals surface area (Å²) >= 11 is 7.57. The summed E-state index contributed by atoms with van der Waals surface area (Å²) in [6.07, 6.45) is 0.341. The minimum absolute atomic E-state index is 0.0418. The van der Waals surface area contributed by atoms with Crippen molar-refractivity contribution >= 4 is 68.2 Å². The maximum Gasteiger partial charge on any atom is 0.210 e. The highest BCUT2D eigenvalue weighted by Gasteiger charge is 2.20. The lowest BCUT2D eigenvalue weighted by molar-refractivity contribution is -0.121. The molecule has 0 saturated heterocycles. The molecule has 0 aliphatic heterocycles. The Labute approximate surface area is 259 Å². The molecule has 0 aliphatic carbocycles. The van der Waals surface area contributed by atoms with Crippen molar-refractivity contribution in [3.05, 3.63) is 112 Å². The number of thioether (sulfide) groups is 1. The molecule has 6 nitrogen and oxygen atoms in total. The van der Waals surface area contributed by atoms with Crippen LogP contribution in [0, 0.1) is 6.92 Å². The lowest BCUT2D eigenvalue weighted by Crippen LogP contribution is -2.17. The number of aromatic nitrogens is 1. The molecule has 0 aliphatic rings. The van der Waals surface area contributed by atoms with Crippen LogP contribution in [0.5, 0.6) is 0 Å². The van der Waals surface area contributed by atoms with Crippen LogP contribution in [0.15, 0.2) is 95.0 Å². The fraction of sp³-hybridized carbons (Fsp3) is 0.200. The van der Waals surface area contributed by atoms with Crippen LogP contribution in [0.2, 0.25) is 5.02 Å². The molecule has 0 spiro atoms. The molecule has 8 heteroatoms. The van der Waals surface area contributed by atoms with E-state index in [1.807, 2.05) is 85.8 Å². The number of aryl methyl sites for hydroxylation is 2. The third-order valence-electron chi connectivity index (χ3n) is 7.22. The Morgan fingerprint density at radius 2 is 1.53 bits per heavy atom. The van der Waals surface area contributed by atoms with Gasteiger partial charge in [0.15, 0.2) is 18.2 Å². The zero-order valence-electron chi connectivity index (χ0n) is 24.2. The molecule has 218 valence electrons. The zero-order chi connectivity index (χ0) is 30.5. The van der Waals surface area contributed by atoms with Crippen molar-refractivity contribution in [2.45, 2.75) is 38.6 Å². The molecule has 5 aromatic rings. The van der Waals surface area contributed by atoms with E-state index in [-0.39, 0.29) is 29.7 Å². The van der Waals surface area contributed by atoms with Crippen molar-refractivity contribution in [2.24, 2.45) is 5.16 Å². The van der Waals surface area contributed by atoms with Crippen LogP contribution in [0.4, 0.5) is 0 Å². The van der Waals surface area contributed by atoms with Crippen LogP contribution in [0.3, 0.4) is 0 Å². The monoisotopic (exact) mass is 610 g/mol. The van der Waals surface area contributed by atoms with E-state index < -0.39 is 0 Å². The lowest BCUT2D eigenvalue weighted by Gasteiger charge is -2.08. The highest BCUT2D eigenvalue weighted by atomic mass is 35.5. The van der Waals surface area contributed by atoms with Gasteiger partial charge in [-0.25, -0.2) is 0 Å². The standard InChI is InChI=1S/C35H31ClN2O4S/c1-4-38-32-15-9-24(34(40)28-8-6-5-7-22(28)2)19-29(32)30-20-25(10-16-33(30)38)35(41)31(37-42-21-23(3)39)17-18-43-27-13-11-26(36)12-14-27/h5-16,19-20H,4,17-18,21H2,1-3H3. The average molecular weight is 611 g/mol. The molecule has 0 unspecified atom stereocenters. The predicted molar refractivity (Wildman–Crippen MR) is 175 cm³/mol. The molecule has 0 atom stereocenters. The molecule has 5 rings (SSSR count). The van der Waals surface area contributed by atoms with Gasteiger partial charge in [-0.15, -0.1) is 11.8 Å². The molecule has 43 heavy (non-hydrogen) atoms. The first-order valence-electron chi connectivity index (χ1n) is 14.0. The maximum atomic E-state index is 13.8. The fourth-order valence-corrected chi connectivity index (χ4v) is 6.06. The highest BCUT2D eigenvalue weighted by Crippen LogP contribution is 2.32. The van der Waals surface area contributed by atoms with E-state index in [1.165, 1.54) is 6.92 Å². The molecular formula is C35H31ClN2O4S. The van der Waals surface area contributed by atoms with Crippen LogP contribution in [-0.4, -0.2) is 40.0 Å². The van der Waals surface area contributed by atoms with Crippen molar-refractivity contribution < 1.29 is 19.2 Å². The number of carbonyl (C=O) groups is 3. The number of fused-ring (bicyclic) bond motifs is 3. The van der Waals surface area contributed by atoms with Crippen LogP contribution in [0.1, 0.15) is 52.1 Å². The first kappa shape index (κ1) is 30.3. The van der Waals surface area contributed by atoms with Gasteiger partial charge < -0.3 is 9.40 Å². The van der Waals surface area contributed by atoms with E-state index in [0.29, 0.717) is 33.9 Å². The molecule has 1 aromatic heterocycles. The van der Waals surface area contributed by atoms with Crippen molar-refractivity contribution in [3.63, 3.8) is 0 Å². The summed E-state index contributed by atoms with van der Waals surface area (Å²) in [4.78, 5) is 44.9. The molecule has 1 heterocycles. The molecule has 4 aromatic carbocycles. The van der Waals surface area contributed by atoms with Crippen LogP contribution < -0.4 is 0 Å². The van der Waals surface area contributed by atoms with Crippen LogP contribution in [-0.2, 0) is 16.2 Å². The van der Waals surface area contributed by atoms with Crippen molar-refractivity contribution in [2.75, 3.05) is 12.4 Å². The van der Waals surface area contributed by atoms with E-state index in [1.54, 1.807) is 17.8 Å². The van der Waals surface area contributed by atoms with E-state index in [4.69, 9.17) is 16.4 Å². The summed E-state index contributed by atoms with van der Waals surface area (Å²) in [7, 11) is 0. The average Bonchev–Trinajstić information content (AvgIpc) is 3.32. The Kier molecular flexibility index (Phi) is 9.43. The van der Waals surface area contributed by atoms with Crippen LogP contribution in [0.25, 0.3) is 21.8 Å². The summed E-state index contributed by atoms with van der Waals surface area (Å²) in [5.41, 5.74) is 4.83. The van der Waals surface area contributed by atoms with Crippen molar-refractivity contribution in [3.8, 4) is 0 Å². The molecule has 0 fully saturated rings. The van der Waals surface area contributed by atoms with Gasteiger partial charge in [-0.2, -0.15) is 0 Å². The normalized spacial score (nSPS) is 11.7. The number of ketones is 3. The molecule has 0 amide bonds. The van der Waals surface area contributed by atoms with Crippen molar-refractivity contribution in [1.82, 2.24) is 4.57 Å². The first-order chi connectivity index (χ1) is 20.8. The second kappa shape index (κ2) is 13.4. The van der Waals surface area contributed by atoms with E-state index in [0.717, 1.165) is 38.8 Å². The van der Waals surface area contributed by atoms with E-state index >= 15 is 0 Å². The van der Waals surface area contributed by atoms with Crippen LogP contribution >= 0.6 is 23.4 Å². The van der Waals surface area contributed by atoms with Gasteiger partial charge in [0.05, 0.1) is 0 Å². The van der Waals surface area contributed by atoms with Crippen molar-refractivity contribution in [1.29, 1.82) is 0 Å². The third-order valence-corrected chi connectivity index (χ3v) is 8.49. The smallest absolute Gasteiger partial charge is 0.210 e. The zero-order valence-corrected chi connectivity index (χ0v) is 25.8. The number of benzene rings is 4. The number of oxime groups is 1. The van der Waals surface area contributed by atoms with Gasteiger partial charge in [0.2, 0.25) is 5.78 Å². The number of halogens is 1. The van der Waals surface area contributed by atoms with Gasteiger partial charge in [0.1, 0.15) is 5.71 Å². The third kappa shape index (κ3) is 6.74. The molecule has 0 radical (unpaired) electrons. The summed E-state index contributed by atoms with van der Waals surface area (Å²) in [5.74, 6) is 0.0831. The lowest BCUT2D eigenvalue weighted by atomic mass is 9.97. The Bertz CT molecular complexity index is 1870. The Balaban J connectivity index is 1.49. The largest absolute Gasteiger partial charge is 0.387 e. The SMILES string of the molecule is CCn1c2ccc(C(=O)C(CCSc3ccc(Cl)cc3)=NOCC(C)=O)cc2c2cc(C(=O)c3ccccc3C)ccc21. The summed E-state index contributed by atoms with van der Waals surface area (Å²) in [6.45, 7) is 5.93. The molecular weight excluding hydrogens is 580 g/mol. The topological polar surface area (TPSA) is 77.7 Å². The molecule has 0 bridgehead atoms. The number of hydrogen-bond acceptors (Lipinski definition) is 6. The second-order valence-electron chi connectivity index (χ2n) is 10.2. The van der Waals surface area contributed by atoms with Gasteiger partial charge in [-0.1, -0.05) is 41.0 Å². The number of rotatable bonds is 12. The van der Waals surface area contributed by atoms with E-state index in [2.05, 4.69) is 16.6 Å². The summed E-state index contributed by atoms with van der Waals surface area (Å²) < 4.78 is 2.18. The highest BCUT2D eigenvalue weighted by molar-refractivity contribution is 7.99.